The fraction of sp³-hybridized carbons (Fsp3) is 0.0732. The third kappa shape index (κ3) is 6.77. The number of nitrogens with zero attached hydrogens (tertiary/aromatic N) is 2. The van der Waals surface area contributed by atoms with E-state index < -0.39 is 13.3 Å². The van der Waals surface area contributed by atoms with E-state index in [2.05, 4.69) is 95.0 Å². The van der Waals surface area contributed by atoms with Crippen LogP contribution >= 0.6 is 11.3 Å². The van der Waals surface area contributed by atoms with E-state index in [1.165, 1.54) is 9.78 Å². The van der Waals surface area contributed by atoms with Gasteiger partial charge in [0.1, 0.15) is 0 Å². The zero-order valence-electron chi connectivity index (χ0n) is 26.8. The van der Waals surface area contributed by atoms with E-state index in [4.69, 9.17) is 6.35 Å². The van der Waals surface area contributed by atoms with Crippen LogP contribution in [0.2, 0.25) is 17.3 Å². The molecular weight excluding hydrogens is 817 g/mol. The Hall–Kier alpha value is -3.93. The second kappa shape index (κ2) is 13.8. The molecule has 3 aromatic heterocycles. The maximum atomic E-state index is 8.88. The Morgan fingerprint density at radius 2 is 1.41 bits per heavy atom. The number of aromatic nitrogens is 2. The van der Waals surface area contributed by atoms with Crippen molar-refractivity contribution >= 4 is 59.9 Å². The summed E-state index contributed by atoms with van der Waals surface area (Å²) in [5.74, 6) is 7.14. The van der Waals surface area contributed by atoms with Gasteiger partial charge in [-0.15, -0.1) is 23.8 Å². The van der Waals surface area contributed by atoms with Crippen LogP contribution in [0.1, 0.15) is 1.37 Å². The fourth-order valence-corrected chi connectivity index (χ4v) is 8.80. The van der Waals surface area contributed by atoms with Crippen LogP contribution in [0.3, 0.4) is 0 Å². The summed E-state index contributed by atoms with van der Waals surface area (Å²) in [7, 11) is 0. The van der Waals surface area contributed by atoms with E-state index in [1.807, 2.05) is 73.1 Å². The van der Waals surface area contributed by atoms with Gasteiger partial charge >= 0.3 is 99.8 Å². The number of hydrogen-bond donors (Lipinski definition) is 0. The fourth-order valence-electron chi connectivity index (χ4n) is 5.42. The molecular formula is C41H32GeIrN2S-2. The van der Waals surface area contributed by atoms with Crippen LogP contribution in [0.4, 0.5) is 0 Å². The summed E-state index contributed by atoms with van der Waals surface area (Å²) in [6.45, 7) is 0. The molecule has 0 unspecified atom stereocenters. The van der Waals surface area contributed by atoms with Crippen molar-refractivity contribution in [3.63, 3.8) is 0 Å². The van der Waals surface area contributed by atoms with Crippen LogP contribution in [-0.2, 0) is 20.1 Å². The minimum absolute atomic E-state index is 0. The summed E-state index contributed by atoms with van der Waals surface area (Å²) in [5, 5.41) is 4.58. The third-order valence-electron chi connectivity index (χ3n) is 7.94. The van der Waals surface area contributed by atoms with E-state index in [-0.39, 0.29) is 20.1 Å². The van der Waals surface area contributed by atoms with Crippen LogP contribution in [0.15, 0.2) is 140 Å². The Bertz CT molecular complexity index is 2300. The van der Waals surface area contributed by atoms with E-state index in [0.717, 1.165) is 59.2 Å². The molecule has 3 heterocycles. The Labute approximate surface area is 292 Å². The zero-order chi connectivity index (χ0) is 31.7. The maximum Gasteiger partial charge on any atom is 0 e. The minimum Gasteiger partial charge on any atom is 0 e. The summed E-state index contributed by atoms with van der Waals surface area (Å²) in [4.78, 5) is 9.24. The Kier molecular flexibility index (Phi) is 9.23. The van der Waals surface area contributed by atoms with Crippen molar-refractivity contribution in [2.24, 2.45) is 0 Å². The van der Waals surface area contributed by atoms with Crippen molar-refractivity contribution in [1.29, 1.82) is 0 Å². The van der Waals surface area contributed by atoms with Crippen molar-refractivity contribution in [3.05, 3.63) is 152 Å². The van der Waals surface area contributed by atoms with E-state index in [0.29, 0.717) is 6.04 Å². The topological polar surface area (TPSA) is 25.8 Å². The van der Waals surface area contributed by atoms with Crippen LogP contribution in [-0.4, -0.2) is 23.2 Å². The molecule has 0 aliphatic rings. The number of rotatable bonds is 4. The SMILES string of the molecule is [2H]c1c(-c2ccccc2)ccc2c1sc1c(-c3cc4ccccc4cn3)[c-]ccc12.[CH3][Ge]([CH3])([CH3])[c]1ccc(-c2[c-]cccc2)nc1.[Ir]. The summed E-state index contributed by atoms with van der Waals surface area (Å²) in [6, 6.07) is 48.3. The molecule has 5 aromatic carbocycles. The molecule has 0 fully saturated rings. The van der Waals surface area contributed by atoms with Crippen LogP contribution in [0.25, 0.3) is 64.6 Å². The maximum absolute atomic E-state index is 8.88. The van der Waals surface area contributed by atoms with Gasteiger partial charge in [-0.05, 0) is 43.7 Å². The van der Waals surface area contributed by atoms with Gasteiger partial charge in [-0.25, -0.2) is 0 Å². The third-order valence-corrected chi connectivity index (χ3v) is 13.3. The largest absolute Gasteiger partial charge is 0 e. The van der Waals surface area contributed by atoms with Crippen molar-refractivity contribution in [2.75, 3.05) is 0 Å². The first-order valence-electron chi connectivity index (χ1n) is 15.6. The molecule has 5 heteroatoms. The zero-order valence-corrected chi connectivity index (χ0v) is 31.1. The Morgan fingerprint density at radius 3 is 2.15 bits per heavy atom. The monoisotopic (exact) mass is 852 g/mol. The van der Waals surface area contributed by atoms with Crippen molar-refractivity contribution < 1.29 is 21.5 Å². The number of fused-ring (bicyclic) bond motifs is 4. The molecule has 8 rings (SSSR count). The van der Waals surface area contributed by atoms with Gasteiger partial charge in [-0.2, -0.15) is 11.3 Å². The average Bonchev–Trinajstić information content (AvgIpc) is 3.49. The van der Waals surface area contributed by atoms with Gasteiger partial charge in [-0.3, -0.25) is 0 Å². The molecule has 8 aromatic rings. The number of benzene rings is 5. The predicted octanol–water partition coefficient (Wildman–Crippen LogP) is 10.8. The van der Waals surface area contributed by atoms with Crippen molar-refractivity contribution in [3.8, 4) is 33.6 Å². The molecule has 0 aliphatic heterocycles. The summed E-state index contributed by atoms with van der Waals surface area (Å²) < 4.78 is 12.5. The molecule has 0 spiro atoms. The molecule has 46 heavy (non-hydrogen) atoms. The Balaban J connectivity index is 0.000000194. The summed E-state index contributed by atoms with van der Waals surface area (Å²) in [6.07, 6.45) is 3.96. The van der Waals surface area contributed by atoms with E-state index in [1.54, 1.807) is 11.3 Å². The molecule has 227 valence electrons. The molecule has 0 N–H and O–H groups in total. The first-order chi connectivity index (χ1) is 22.4. The van der Waals surface area contributed by atoms with Gasteiger partial charge in [0.2, 0.25) is 0 Å². The number of pyridine rings is 2. The van der Waals surface area contributed by atoms with Crippen molar-refractivity contribution in [1.82, 2.24) is 9.97 Å². The molecule has 2 nitrogen and oxygen atoms in total. The summed E-state index contributed by atoms with van der Waals surface area (Å²) in [5.41, 5.74) is 6.03. The van der Waals surface area contributed by atoms with E-state index in [9.17, 15) is 0 Å². The normalized spacial score (nSPS) is 11.5. The first-order valence-corrected chi connectivity index (χ1v) is 23.2. The van der Waals surface area contributed by atoms with Gasteiger partial charge in [-0.1, -0.05) is 78.2 Å². The quantitative estimate of drug-likeness (QED) is 0.130. The average molecular weight is 851 g/mol. The van der Waals surface area contributed by atoms with Crippen LogP contribution in [0, 0.1) is 12.1 Å². The van der Waals surface area contributed by atoms with Crippen molar-refractivity contribution in [2.45, 2.75) is 17.3 Å². The molecule has 1 radical (unpaired) electrons. The van der Waals surface area contributed by atoms with Gasteiger partial charge in [0.15, 0.2) is 0 Å². The van der Waals surface area contributed by atoms with Gasteiger partial charge in [0, 0.05) is 31.0 Å². The second-order valence-electron chi connectivity index (χ2n) is 12.1. The van der Waals surface area contributed by atoms with Crippen LogP contribution in [0.5, 0.6) is 0 Å². The number of hydrogen-bond acceptors (Lipinski definition) is 3. The molecule has 0 bridgehead atoms. The predicted molar refractivity (Wildman–Crippen MR) is 196 cm³/mol. The molecule has 0 amide bonds. The number of thiophene rings is 1. The Morgan fingerprint density at radius 1 is 0.652 bits per heavy atom. The molecule has 0 aliphatic carbocycles. The van der Waals surface area contributed by atoms with Gasteiger partial charge in [0.25, 0.3) is 0 Å². The standard InChI is InChI=1S/C27H16NS.C14H16GeN.Ir/c1-2-7-18(8-3-1)20-13-14-22-23-11-6-12-24(27(23)29-26(22)16-20)25-15-19-9-4-5-10-21(19)17-28-25;1-15(2,3)13-9-10-14(16-11-13)12-7-5-4-6-8-12;/h1-11,13-17H;4-7,9-11H,1-3H3;/q2*-1;/i16D;;. The minimum atomic E-state index is -1.72. The molecule has 0 saturated carbocycles. The molecule has 0 atom stereocenters. The second-order valence-corrected chi connectivity index (χ2v) is 23.7. The van der Waals surface area contributed by atoms with Crippen LogP contribution < -0.4 is 4.40 Å². The molecule has 0 saturated heterocycles. The van der Waals surface area contributed by atoms with Gasteiger partial charge < -0.3 is 4.98 Å². The first kappa shape index (κ1) is 30.7. The van der Waals surface area contributed by atoms with Gasteiger partial charge in [0.05, 0.1) is 1.37 Å². The smallest absolute Gasteiger partial charge is 0 e. The summed E-state index contributed by atoms with van der Waals surface area (Å²) >= 11 is -0.0507. The van der Waals surface area contributed by atoms with E-state index >= 15 is 0 Å².